The lowest BCUT2D eigenvalue weighted by Crippen LogP contribution is -2.54. The predicted molar refractivity (Wildman–Crippen MR) is 163 cm³/mol. The highest BCUT2D eigenvalue weighted by Crippen LogP contribution is 2.40. The largest absolute Gasteiger partial charge is 0.481 e. The van der Waals surface area contributed by atoms with Gasteiger partial charge in [0.1, 0.15) is 18.0 Å². The van der Waals surface area contributed by atoms with Gasteiger partial charge in [0.2, 0.25) is 5.91 Å². The summed E-state index contributed by atoms with van der Waals surface area (Å²) in [6.07, 6.45) is 4.12. The number of carbonyl (C=O) groups excluding carboxylic acids is 3. The van der Waals surface area contributed by atoms with Crippen molar-refractivity contribution in [1.82, 2.24) is 15.8 Å². The van der Waals surface area contributed by atoms with Gasteiger partial charge in [-0.15, -0.1) is 0 Å². The molecule has 1 heterocycles. The third kappa shape index (κ3) is 8.71. The highest BCUT2D eigenvalue weighted by molar-refractivity contribution is 6.30. The molecule has 238 valence electrons. The molecular weight excluding hydrogens is 589 g/mol. The summed E-state index contributed by atoms with van der Waals surface area (Å²) in [5.41, 5.74) is 3.03. The molecule has 2 fully saturated rings. The molecule has 1 saturated heterocycles. The number of hydrazine groups is 1. The minimum absolute atomic E-state index is 0.131. The van der Waals surface area contributed by atoms with E-state index < -0.39 is 47.3 Å². The van der Waals surface area contributed by atoms with Gasteiger partial charge in [0, 0.05) is 29.3 Å². The summed E-state index contributed by atoms with van der Waals surface area (Å²) < 4.78 is 20.4. The Balaban J connectivity index is 1.52. The number of hydrogen-bond acceptors (Lipinski definition) is 5. The average Bonchev–Trinajstić information content (AvgIpc) is 3.33. The molecular formula is C33H41ClFN3O6. The third-order valence-electron chi connectivity index (χ3n) is 8.77. The van der Waals surface area contributed by atoms with Crippen molar-refractivity contribution in [3.8, 4) is 0 Å². The van der Waals surface area contributed by atoms with Crippen LogP contribution < -0.4 is 10.7 Å². The van der Waals surface area contributed by atoms with Gasteiger partial charge in [0.05, 0.1) is 0 Å². The van der Waals surface area contributed by atoms with E-state index in [0.29, 0.717) is 23.4 Å². The van der Waals surface area contributed by atoms with Crippen LogP contribution in [0.3, 0.4) is 0 Å². The Morgan fingerprint density at radius 3 is 2.50 bits per heavy atom. The zero-order valence-corrected chi connectivity index (χ0v) is 25.9. The normalized spacial score (nSPS) is 18.9. The van der Waals surface area contributed by atoms with Crippen molar-refractivity contribution in [2.75, 3.05) is 6.54 Å². The molecule has 1 saturated carbocycles. The van der Waals surface area contributed by atoms with E-state index in [2.05, 4.69) is 10.7 Å². The van der Waals surface area contributed by atoms with E-state index in [0.717, 1.165) is 37.7 Å². The average molecular weight is 630 g/mol. The van der Waals surface area contributed by atoms with Crippen molar-refractivity contribution >= 4 is 35.5 Å². The predicted octanol–water partition coefficient (Wildman–Crippen LogP) is 6.31. The summed E-state index contributed by atoms with van der Waals surface area (Å²) in [6, 6.07) is 12.0. The Hall–Kier alpha value is -3.66. The number of ether oxygens (including phenoxy) is 1. The number of carboxylic acid groups (broad SMARTS) is 1. The zero-order valence-electron chi connectivity index (χ0n) is 25.2. The molecule has 11 heteroatoms. The van der Waals surface area contributed by atoms with Crippen LogP contribution in [-0.4, -0.2) is 46.6 Å². The number of amides is 3. The van der Waals surface area contributed by atoms with Crippen LogP contribution in [-0.2, 0) is 24.5 Å². The lowest BCUT2D eigenvalue weighted by atomic mass is 9.76. The molecule has 0 bridgehead atoms. The molecule has 2 aromatic rings. The first-order valence-electron chi connectivity index (χ1n) is 15.3. The maximum atomic E-state index is 14.3. The summed E-state index contributed by atoms with van der Waals surface area (Å²) in [5.74, 6) is -2.62. The lowest BCUT2D eigenvalue weighted by Gasteiger charge is -2.35. The molecule has 1 unspecified atom stereocenters. The minimum Gasteiger partial charge on any atom is -0.481 e. The molecule has 3 amide bonds. The molecule has 2 aromatic carbocycles. The molecule has 0 radical (unpaired) electrons. The molecule has 44 heavy (non-hydrogen) atoms. The molecule has 2 aliphatic rings. The van der Waals surface area contributed by atoms with Crippen molar-refractivity contribution < 1.29 is 33.4 Å². The van der Waals surface area contributed by atoms with E-state index in [1.807, 2.05) is 19.9 Å². The Bertz CT molecular complexity index is 1350. The second-order valence-corrected chi connectivity index (χ2v) is 12.8. The van der Waals surface area contributed by atoms with Crippen molar-refractivity contribution in [2.24, 2.45) is 11.8 Å². The maximum Gasteiger partial charge on any atom is 0.408 e. The molecule has 9 nitrogen and oxygen atoms in total. The number of aliphatic carboxylic acids is 1. The van der Waals surface area contributed by atoms with Gasteiger partial charge < -0.3 is 15.2 Å². The standard InChI is InChI=1S/C33H41ClFN3O6/c1-33(2,24-11-7-12-25(34)20-24)29(23-10-6-13-26(35)19-23)44-32(43)36-27(18-21-8-4-3-5-9-21)30(41)37-38-17-16-22(31(38)42)14-15-28(39)40/h6-7,10-13,19-22,27,29H,3-5,8-9,14-18H2,1-2H3,(H,36,43)(H,37,41)(H,39,40)/t22-,27-,29?/m0/s1. The van der Waals surface area contributed by atoms with Gasteiger partial charge in [-0.05, 0) is 60.6 Å². The maximum absolute atomic E-state index is 14.3. The monoisotopic (exact) mass is 629 g/mol. The third-order valence-corrected chi connectivity index (χ3v) is 9.01. The van der Waals surface area contributed by atoms with Crippen LogP contribution >= 0.6 is 11.6 Å². The van der Waals surface area contributed by atoms with Crippen LogP contribution in [0.2, 0.25) is 5.02 Å². The number of nitrogens with zero attached hydrogens (tertiary/aromatic N) is 1. The van der Waals surface area contributed by atoms with Crippen LogP contribution in [0.25, 0.3) is 0 Å². The van der Waals surface area contributed by atoms with Crippen LogP contribution in [0, 0.1) is 17.7 Å². The number of nitrogens with one attached hydrogen (secondary N) is 2. The smallest absolute Gasteiger partial charge is 0.408 e. The van der Waals surface area contributed by atoms with Gasteiger partial charge in [0.15, 0.2) is 0 Å². The minimum atomic E-state index is -0.987. The van der Waals surface area contributed by atoms with Crippen LogP contribution in [0.15, 0.2) is 48.5 Å². The van der Waals surface area contributed by atoms with Crippen molar-refractivity contribution in [3.05, 3.63) is 70.5 Å². The van der Waals surface area contributed by atoms with Gasteiger partial charge in [-0.2, -0.15) is 0 Å². The second kappa shape index (κ2) is 14.9. The van der Waals surface area contributed by atoms with Gasteiger partial charge in [0.25, 0.3) is 5.91 Å². The molecule has 0 aromatic heterocycles. The lowest BCUT2D eigenvalue weighted by molar-refractivity contribution is -0.142. The van der Waals surface area contributed by atoms with Crippen molar-refractivity contribution in [3.63, 3.8) is 0 Å². The number of rotatable bonds is 12. The first-order valence-corrected chi connectivity index (χ1v) is 15.6. The summed E-state index contributed by atoms with van der Waals surface area (Å²) in [5, 5.41) is 13.5. The van der Waals surface area contributed by atoms with Crippen molar-refractivity contribution in [2.45, 2.75) is 89.2 Å². The molecule has 0 spiro atoms. The summed E-state index contributed by atoms with van der Waals surface area (Å²) in [6.45, 7) is 3.99. The van der Waals surface area contributed by atoms with E-state index in [4.69, 9.17) is 21.4 Å². The summed E-state index contributed by atoms with van der Waals surface area (Å²) in [4.78, 5) is 50.9. The SMILES string of the molecule is CC(C)(c1cccc(Cl)c1)C(OC(=O)N[C@@H](CC1CCCCC1)C(=O)NN1CC[C@H](CCC(=O)O)C1=O)c1cccc(F)c1. The number of hydrogen-bond donors (Lipinski definition) is 3. The molecule has 1 aliphatic heterocycles. The first-order chi connectivity index (χ1) is 20.9. The topological polar surface area (TPSA) is 125 Å². The van der Waals surface area contributed by atoms with E-state index in [-0.39, 0.29) is 31.2 Å². The van der Waals surface area contributed by atoms with E-state index in [1.165, 1.54) is 17.1 Å². The fraction of sp³-hybridized carbons (Fsp3) is 0.515. The first kappa shape index (κ1) is 33.2. The van der Waals surface area contributed by atoms with Crippen LogP contribution in [0.1, 0.15) is 88.9 Å². The highest BCUT2D eigenvalue weighted by atomic mass is 35.5. The zero-order chi connectivity index (χ0) is 31.9. The van der Waals surface area contributed by atoms with E-state index in [9.17, 15) is 23.6 Å². The fourth-order valence-corrected chi connectivity index (χ4v) is 6.43. The van der Waals surface area contributed by atoms with Gasteiger partial charge in [-0.1, -0.05) is 81.8 Å². The molecule has 1 aliphatic carbocycles. The van der Waals surface area contributed by atoms with Crippen LogP contribution in [0.4, 0.5) is 9.18 Å². The summed E-state index contributed by atoms with van der Waals surface area (Å²) >= 11 is 6.27. The van der Waals surface area contributed by atoms with Crippen LogP contribution in [0.5, 0.6) is 0 Å². The quantitative estimate of drug-likeness (QED) is 0.253. The number of carboxylic acids is 1. The molecule has 4 rings (SSSR count). The van der Waals surface area contributed by atoms with E-state index >= 15 is 0 Å². The number of benzene rings is 2. The van der Waals surface area contributed by atoms with Gasteiger partial charge in [-0.3, -0.25) is 24.8 Å². The molecule has 3 atom stereocenters. The Morgan fingerprint density at radius 1 is 1.09 bits per heavy atom. The number of carbonyl (C=O) groups is 4. The van der Waals surface area contributed by atoms with Gasteiger partial charge >= 0.3 is 12.1 Å². The van der Waals surface area contributed by atoms with Gasteiger partial charge in [-0.25, -0.2) is 9.18 Å². The Kier molecular flexibility index (Phi) is 11.2. The molecule has 3 N–H and O–H groups in total. The van der Waals surface area contributed by atoms with E-state index in [1.54, 1.807) is 30.3 Å². The van der Waals surface area contributed by atoms with Crippen molar-refractivity contribution in [1.29, 1.82) is 0 Å². The highest BCUT2D eigenvalue weighted by Gasteiger charge is 2.38. The Morgan fingerprint density at radius 2 is 1.82 bits per heavy atom. The number of alkyl carbamates (subject to hydrolysis) is 1. The second-order valence-electron chi connectivity index (χ2n) is 12.4. The summed E-state index contributed by atoms with van der Waals surface area (Å²) in [7, 11) is 0. The Labute approximate surface area is 262 Å². The fourth-order valence-electron chi connectivity index (χ4n) is 6.24. The number of halogens is 2.